The van der Waals surface area contributed by atoms with E-state index in [0.717, 1.165) is 61.1 Å². The lowest BCUT2D eigenvalue weighted by atomic mass is 9.88. The molecule has 0 saturated carbocycles. The van der Waals surface area contributed by atoms with Crippen LogP contribution < -0.4 is 10.6 Å². The zero-order valence-electron chi connectivity index (χ0n) is 18.8. The molecule has 168 valence electrons. The molecule has 1 fully saturated rings. The maximum Gasteiger partial charge on any atom is 0.141 e. The van der Waals surface area contributed by atoms with Gasteiger partial charge in [-0.1, -0.05) is 48.5 Å². The predicted octanol–water partition coefficient (Wildman–Crippen LogP) is 5.01. The van der Waals surface area contributed by atoms with Crippen LogP contribution in [0.25, 0.3) is 10.9 Å². The summed E-state index contributed by atoms with van der Waals surface area (Å²) in [5, 5.41) is 18.6. The molecule has 2 heterocycles. The monoisotopic (exact) mass is 438 g/mol. The molecule has 33 heavy (non-hydrogen) atoms. The third kappa shape index (κ3) is 5.38. The highest BCUT2D eigenvalue weighted by molar-refractivity contribution is 5.91. The molecule has 1 atom stereocenters. The molecule has 5 rings (SSSR count). The normalized spacial score (nSPS) is 18.3. The Hall–Kier alpha value is -3.28. The number of nitrogens with zero attached hydrogens (tertiary/aromatic N) is 2. The van der Waals surface area contributed by atoms with Crippen LogP contribution in [0.15, 0.2) is 79.1 Å². The molecule has 1 unspecified atom stereocenters. The highest BCUT2D eigenvalue weighted by Crippen LogP contribution is 2.27. The van der Waals surface area contributed by atoms with Crippen LogP contribution >= 0.6 is 0 Å². The summed E-state index contributed by atoms with van der Waals surface area (Å²) in [5.41, 5.74) is 5.08. The van der Waals surface area contributed by atoms with Crippen LogP contribution in [0, 0.1) is 0 Å². The van der Waals surface area contributed by atoms with Crippen molar-refractivity contribution in [3.63, 3.8) is 0 Å². The fourth-order valence-electron chi connectivity index (χ4n) is 4.58. The van der Waals surface area contributed by atoms with Crippen LogP contribution in [0.3, 0.4) is 0 Å². The van der Waals surface area contributed by atoms with E-state index in [0.29, 0.717) is 6.54 Å². The zero-order chi connectivity index (χ0) is 22.5. The molecule has 0 amide bonds. The molecule has 5 nitrogen and oxygen atoms in total. The van der Waals surface area contributed by atoms with Gasteiger partial charge in [0, 0.05) is 17.6 Å². The number of aryl methyl sites for hydroxylation is 1. The number of hydrogen-bond acceptors (Lipinski definition) is 5. The first-order valence-corrected chi connectivity index (χ1v) is 11.7. The molecule has 3 N–H and O–H groups in total. The molecule has 0 radical (unpaired) electrons. The van der Waals surface area contributed by atoms with Crippen molar-refractivity contribution in [2.45, 2.75) is 37.7 Å². The molecule has 0 aliphatic carbocycles. The maximum atomic E-state index is 10.8. The first-order chi connectivity index (χ1) is 16.2. The molecule has 3 aromatic carbocycles. The van der Waals surface area contributed by atoms with Crippen molar-refractivity contribution in [2.75, 3.05) is 18.4 Å². The van der Waals surface area contributed by atoms with Crippen molar-refractivity contribution < 1.29 is 5.11 Å². The quantitative estimate of drug-likeness (QED) is 0.378. The number of hydrogen-bond donors (Lipinski definition) is 3. The van der Waals surface area contributed by atoms with E-state index < -0.39 is 5.60 Å². The van der Waals surface area contributed by atoms with Crippen molar-refractivity contribution in [2.24, 2.45) is 0 Å². The van der Waals surface area contributed by atoms with Gasteiger partial charge in [0.15, 0.2) is 0 Å². The third-order valence-corrected chi connectivity index (χ3v) is 6.50. The van der Waals surface area contributed by atoms with E-state index in [1.807, 2.05) is 12.1 Å². The van der Waals surface area contributed by atoms with E-state index in [1.165, 1.54) is 16.7 Å². The van der Waals surface area contributed by atoms with Gasteiger partial charge in [-0.2, -0.15) is 0 Å². The van der Waals surface area contributed by atoms with Crippen molar-refractivity contribution in [3.05, 3.63) is 95.8 Å². The van der Waals surface area contributed by atoms with Gasteiger partial charge in [0.25, 0.3) is 0 Å². The van der Waals surface area contributed by atoms with Gasteiger partial charge in [-0.3, -0.25) is 0 Å². The van der Waals surface area contributed by atoms with Crippen molar-refractivity contribution in [1.82, 2.24) is 15.3 Å². The number of nitrogens with one attached hydrogen (secondary N) is 2. The Morgan fingerprint density at radius 2 is 1.70 bits per heavy atom. The van der Waals surface area contributed by atoms with Gasteiger partial charge in [0.1, 0.15) is 12.1 Å². The van der Waals surface area contributed by atoms with E-state index in [2.05, 4.69) is 81.3 Å². The van der Waals surface area contributed by atoms with Crippen LogP contribution in [0.4, 0.5) is 11.5 Å². The second-order valence-electron chi connectivity index (χ2n) is 9.06. The van der Waals surface area contributed by atoms with E-state index in [9.17, 15) is 5.11 Å². The largest absolute Gasteiger partial charge is 0.389 e. The number of β-amino-alcohol motifs (C(OH)–C–C–N with tert-alkyl or cyclic N) is 1. The van der Waals surface area contributed by atoms with Crippen molar-refractivity contribution >= 4 is 22.4 Å². The fourth-order valence-corrected chi connectivity index (χ4v) is 4.58. The molecule has 1 aliphatic heterocycles. The zero-order valence-corrected chi connectivity index (χ0v) is 18.8. The minimum absolute atomic E-state index is 0.608. The standard InChI is InChI=1S/C28H30N4O/c33-28(14-4-16-29-19-28)15-13-23-9-12-26-25(18-23)27(31-20-30-26)32-24-10-7-22(8-11-24)17-21-5-2-1-3-6-21/h1-3,5-12,18,20,29,33H,4,13-17,19H2,(H,30,31,32). The third-order valence-electron chi connectivity index (χ3n) is 6.50. The number of fused-ring (bicyclic) bond motifs is 1. The lowest BCUT2D eigenvalue weighted by Crippen LogP contribution is -2.45. The lowest BCUT2D eigenvalue weighted by Gasteiger charge is -2.32. The van der Waals surface area contributed by atoms with E-state index >= 15 is 0 Å². The summed E-state index contributed by atoms with van der Waals surface area (Å²) in [5.74, 6) is 0.802. The molecule has 1 aliphatic rings. The Morgan fingerprint density at radius 1 is 0.909 bits per heavy atom. The Labute approximate surface area is 194 Å². The van der Waals surface area contributed by atoms with Gasteiger partial charge < -0.3 is 15.7 Å². The summed E-state index contributed by atoms with van der Waals surface area (Å²) in [7, 11) is 0. The van der Waals surface area contributed by atoms with Gasteiger partial charge in [-0.05, 0) is 79.6 Å². The van der Waals surface area contributed by atoms with E-state index in [-0.39, 0.29) is 0 Å². The minimum Gasteiger partial charge on any atom is -0.389 e. The van der Waals surface area contributed by atoms with E-state index in [4.69, 9.17) is 0 Å². The minimum atomic E-state index is -0.608. The van der Waals surface area contributed by atoms with Crippen LogP contribution in [-0.4, -0.2) is 33.8 Å². The van der Waals surface area contributed by atoms with Gasteiger partial charge in [-0.25, -0.2) is 9.97 Å². The number of rotatable bonds is 7. The molecular weight excluding hydrogens is 408 g/mol. The Kier molecular flexibility index (Phi) is 6.33. The van der Waals surface area contributed by atoms with Crippen LogP contribution in [0.1, 0.15) is 36.0 Å². The van der Waals surface area contributed by atoms with Crippen LogP contribution in [-0.2, 0) is 12.8 Å². The fraction of sp³-hybridized carbons (Fsp3) is 0.286. The van der Waals surface area contributed by atoms with Gasteiger partial charge in [-0.15, -0.1) is 0 Å². The van der Waals surface area contributed by atoms with Crippen molar-refractivity contribution in [1.29, 1.82) is 0 Å². The smallest absolute Gasteiger partial charge is 0.141 e. The highest BCUT2D eigenvalue weighted by atomic mass is 16.3. The topological polar surface area (TPSA) is 70.1 Å². The Bertz CT molecular complexity index is 1200. The summed E-state index contributed by atoms with van der Waals surface area (Å²) >= 11 is 0. The molecule has 4 aromatic rings. The maximum absolute atomic E-state index is 10.8. The summed E-state index contributed by atoms with van der Waals surface area (Å²) in [6, 6.07) is 25.3. The summed E-state index contributed by atoms with van der Waals surface area (Å²) in [4.78, 5) is 8.95. The Balaban J connectivity index is 1.31. The predicted molar refractivity (Wildman–Crippen MR) is 134 cm³/mol. The number of piperidine rings is 1. The highest BCUT2D eigenvalue weighted by Gasteiger charge is 2.28. The first kappa shape index (κ1) is 21.6. The molecule has 1 aromatic heterocycles. The number of aliphatic hydroxyl groups is 1. The average Bonchev–Trinajstić information content (AvgIpc) is 2.85. The van der Waals surface area contributed by atoms with Gasteiger partial charge in [0.2, 0.25) is 0 Å². The lowest BCUT2D eigenvalue weighted by molar-refractivity contribution is 0.00889. The number of anilines is 2. The molecule has 0 spiro atoms. The summed E-state index contributed by atoms with van der Waals surface area (Å²) in [6.45, 7) is 1.68. The van der Waals surface area contributed by atoms with E-state index in [1.54, 1.807) is 6.33 Å². The van der Waals surface area contributed by atoms with Crippen LogP contribution in [0.2, 0.25) is 0 Å². The molecular formula is C28H30N4O. The average molecular weight is 439 g/mol. The SMILES string of the molecule is OC1(CCc2ccc3ncnc(Nc4ccc(Cc5ccccc5)cc4)c3c2)CCCNC1. The van der Waals surface area contributed by atoms with Crippen molar-refractivity contribution in [3.8, 4) is 0 Å². The second kappa shape index (κ2) is 9.69. The molecule has 1 saturated heterocycles. The summed E-state index contributed by atoms with van der Waals surface area (Å²) < 4.78 is 0. The number of benzene rings is 3. The molecule has 5 heteroatoms. The number of aromatic nitrogens is 2. The first-order valence-electron chi connectivity index (χ1n) is 11.7. The Morgan fingerprint density at radius 3 is 2.48 bits per heavy atom. The second-order valence-corrected chi connectivity index (χ2v) is 9.06. The summed E-state index contributed by atoms with van der Waals surface area (Å²) in [6.07, 6.45) is 6.00. The van der Waals surface area contributed by atoms with Gasteiger partial charge in [0.05, 0.1) is 11.1 Å². The van der Waals surface area contributed by atoms with Crippen LogP contribution in [0.5, 0.6) is 0 Å². The van der Waals surface area contributed by atoms with Gasteiger partial charge >= 0.3 is 0 Å². The molecule has 0 bridgehead atoms.